The Hall–Kier alpha value is -1.06. The number of carbonyl (C=O) groups excluding carboxylic acids is 3. The second kappa shape index (κ2) is 9.29. The highest BCUT2D eigenvalue weighted by Gasteiger charge is 2.76. The number of alkyl halides is 1. The van der Waals surface area contributed by atoms with E-state index in [2.05, 4.69) is 22.5 Å². The molecule has 3 aliphatic heterocycles. The first-order valence-electron chi connectivity index (χ1n) is 11.3. The minimum absolute atomic E-state index is 0.00194. The highest BCUT2D eigenvalue weighted by molar-refractivity contribution is 9.09. The highest BCUT2D eigenvalue weighted by atomic mass is 79.9. The van der Waals surface area contributed by atoms with E-state index in [4.69, 9.17) is 4.74 Å². The molecule has 180 valence electrons. The lowest BCUT2D eigenvalue weighted by atomic mass is 9.71. The van der Waals surface area contributed by atoms with Crippen LogP contribution in [0.2, 0.25) is 0 Å². The van der Waals surface area contributed by atoms with Crippen LogP contribution in [0.5, 0.6) is 0 Å². The summed E-state index contributed by atoms with van der Waals surface area (Å²) in [4.78, 5) is 44.4. The summed E-state index contributed by atoms with van der Waals surface area (Å²) >= 11 is 5.32. The third-order valence-corrected chi connectivity index (χ3v) is 10.2. The first-order valence-corrected chi connectivity index (χ1v) is 13.1. The topological polar surface area (TPSA) is 87.2 Å². The van der Waals surface area contributed by atoms with Gasteiger partial charge in [-0.1, -0.05) is 28.9 Å². The zero-order chi connectivity index (χ0) is 24.0. The van der Waals surface area contributed by atoms with Crippen LogP contribution in [0.15, 0.2) is 12.7 Å². The molecule has 0 aromatic rings. The van der Waals surface area contributed by atoms with Gasteiger partial charge in [-0.2, -0.15) is 0 Å². The Morgan fingerprint density at radius 2 is 2.09 bits per heavy atom. The molecule has 2 bridgehead atoms. The predicted molar refractivity (Wildman–Crippen MR) is 129 cm³/mol. The van der Waals surface area contributed by atoms with Gasteiger partial charge in [-0.05, 0) is 40.5 Å². The molecule has 32 heavy (non-hydrogen) atoms. The number of aliphatic hydroxyl groups excluding tert-OH is 1. The maximum atomic E-state index is 14.2. The second-order valence-electron chi connectivity index (χ2n) is 9.81. The van der Waals surface area contributed by atoms with Crippen LogP contribution in [0.4, 0.5) is 0 Å². The molecular formula is C23H35BrN2O5S. The smallest absolute Gasteiger partial charge is 0.310 e. The minimum atomic E-state index is -0.759. The van der Waals surface area contributed by atoms with Gasteiger partial charge < -0.3 is 19.6 Å². The van der Waals surface area contributed by atoms with Crippen molar-refractivity contribution in [3.05, 3.63) is 12.7 Å². The number of nitrogens with zero attached hydrogens (tertiary/aromatic N) is 2. The molecular weight excluding hydrogens is 496 g/mol. The SMILES string of the molecule is C=CCN(C(=O)C1N([C@@H](CC)CO)C(=O)[C@@H]2[C@@H](C(=O)OCC)[C@@H]3SC12CC3Br)C(C)(C)C. The van der Waals surface area contributed by atoms with E-state index in [0.717, 1.165) is 0 Å². The Bertz CT molecular complexity index is 783. The summed E-state index contributed by atoms with van der Waals surface area (Å²) in [5.41, 5.74) is -0.481. The fraction of sp³-hybridized carbons (Fsp3) is 0.783. The average Bonchev–Trinajstić information content (AvgIpc) is 3.30. The van der Waals surface area contributed by atoms with Gasteiger partial charge in [0.25, 0.3) is 0 Å². The summed E-state index contributed by atoms with van der Waals surface area (Å²) in [5, 5.41) is 9.98. The lowest BCUT2D eigenvalue weighted by molar-refractivity contribution is -0.154. The molecule has 1 spiro atoms. The molecule has 0 radical (unpaired) electrons. The van der Waals surface area contributed by atoms with Crippen molar-refractivity contribution in [3.8, 4) is 0 Å². The summed E-state index contributed by atoms with van der Waals surface area (Å²) in [5.74, 6) is -1.99. The molecule has 1 N–H and O–H groups in total. The molecule has 9 heteroatoms. The number of halogens is 1. The largest absolute Gasteiger partial charge is 0.466 e. The Morgan fingerprint density at radius 3 is 2.59 bits per heavy atom. The van der Waals surface area contributed by atoms with E-state index in [9.17, 15) is 19.5 Å². The zero-order valence-electron chi connectivity index (χ0n) is 19.5. The second-order valence-corrected chi connectivity index (χ2v) is 12.5. The van der Waals surface area contributed by atoms with Gasteiger partial charge >= 0.3 is 5.97 Å². The molecule has 7 nitrogen and oxygen atoms in total. The van der Waals surface area contributed by atoms with Gasteiger partial charge in [-0.3, -0.25) is 14.4 Å². The normalized spacial score (nSPS) is 34.4. The minimum Gasteiger partial charge on any atom is -0.466 e. The van der Waals surface area contributed by atoms with Crippen LogP contribution in [-0.2, 0) is 19.1 Å². The predicted octanol–water partition coefficient (Wildman–Crippen LogP) is 2.60. The lowest BCUT2D eigenvalue weighted by Crippen LogP contribution is -2.60. The number of thioether (sulfide) groups is 1. The Labute approximate surface area is 203 Å². The summed E-state index contributed by atoms with van der Waals surface area (Å²) in [6.07, 6.45) is 2.81. The number of likely N-dealkylation sites (tertiary alicyclic amines) is 1. The third kappa shape index (κ3) is 3.82. The molecule has 3 saturated heterocycles. The van der Waals surface area contributed by atoms with E-state index < -0.39 is 34.2 Å². The molecule has 0 aromatic carbocycles. The van der Waals surface area contributed by atoms with Gasteiger partial charge in [0, 0.05) is 22.2 Å². The van der Waals surface area contributed by atoms with E-state index >= 15 is 0 Å². The molecule has 0 aromatic heterocycles. The quantitative estimate of drug-likeness (QED) is 0.295. The van der Waals surface area contributed by atoms with Crippen molar-refractivity contribution < 1.29 is 24.2 Å². The summed E-state index contributed by atoms with van der Waals surface area (Å²) in [6.45, 7) is 13.7. The number of hydrogen-bond donors (Lipinski definition) is 1. The van der Waals surface area contributed by atoms with Gasteiger partial charge in [-0.25, -0.2) is 0 Å². The van der Waals surface area contributed by atoms with Crippen molar-refractivity contribution in [2.75, 3.05) is 19.8 Å². The van der Waals surface area contributed by atoms with Crippen molar-refractivity contribution in [1.82, 2.24) is 9.80 Å². The molecule has 2 amide bonds. The molecule has 3 aliphatic rings. The number of hydrogen-bond acceptors (Lipinski definition) is 6. The van der Waals surface area contributed by atoms with Crippen LogP contribution in [0.25, 0.3) is 0 Å². The van der Waals surface area contributed by atoms with Crippen LogP contribution in [0.1, 0.15) is 47.5 Å². The van der Waals surface area contributed by atoms with Crippen LogP contribution in [-0.4, -0.2) is 84.9 Å². The van der Waals surface area contributed by atoms with Crippen molar-refractivity contribution >= 4 is 45.5 Å². The molecule has 0 aliphatic carbocycles. The summed E-state index contributed by atoms with van der Waals surface area (Å²) in [6, 6.07) is -1.25. The van der Waals surface area contributed by atoms with Crippen LogP contribution in [0.3, 0.4) is 0 Å². The van der Waals surface area contributed by atoms with Crippen LogP contribution in [0, 0.1) is 11.8 Å². The van der Waals surface area contributed by atoms with E-state index in [1.807, 2.05) is 27.7 Å². The van der Waals surface area contributed by atoms with Crippen molar-refractivity contribution in [1.29, 1.82) is 0 Å². The third-order valence-electron chi connectivity index (χ3n) is 6.98. The molecule has 0 saturated carbocycles. The van der Waals surface area contributed by atoms with Gasteiger partial charge in [0.15, 0.2) is 0 Å². The average molecular weight is 532 g/mol. The molecule has 3 unspecified atom stereocenters. The van der Waals surface area contributed by atoms with Gasteiger partial charge in [0.05, 0.1) is 35.8 Å². The lowest BCUT2D eigenvalue weighted by Gasteiger charge is -2.43. The summed E-state index contributed by atoms with van der Waals surface area (Å²) < 4.78 is 4.62. The van der Waals surface area contributed by atoms with E-state index in [1.165, 1.54) is 0 Å². The van der Waals surface area contributed by atoms with Gasteiger partial charge in [-0.15, -0.1) is 18.3 Å². The number of amides is 2. The van der Waals surface area contributed by atoms with Gasteiger partial charge in [0.2, 0.25) is 11.8 Å². The van der Waals surface area contributed by atoms with Crippen molar-refractivity contribution in [2.45, 2.75) is 79.9 Å². The highest BCUT2D eigenvalue weighted by Crippen LogP contribution is 2.68. The number of rotatable bonds is 8. The number of fused-ring (bicyclic) bond motifs is 1. The Balaban J connectivity index is 2.15. The van der Waals surface area contributed by atoms with Crippen LogP contribution >= 0.6 is 27.7 Å². The van der Waals surface area contributed by atoms with Crippen LogP contribution < -0.4 is 0 Å². The number of ether oxygens (including phenoxy) is 1. The molecule has 7 atom stereocenters. The molecule has 3 fully saturated rings. The summed E-state index contributed by atoms with van der Waals surface area (Å²) in [7, 11) is 0. The standard InChI is InChI=1S/C23H35BrN2O5S/c1-7-10-25(22(4,5)6)20(29)18-23-11-14(24)17(32-23)15(21(30)31-9-3)16(23)19(28)26(18)13(8-2)12-27/h7,13-18,27H,1,8-12H2,2-6H3/t13-,14?,15+,16-,17+,18?,23?/m0/s1. The van der Waals surface area contributed by atoms with E-state index in [1.54, 1.807) is 34.6 Å². The molecule has 3 heterocycles. The Morgan fingerprint density at radius 1 is 1.44 bits per heavy atom. The number of carbonyl (C=O) groups is 3. The van der Waals surface area contributed by atoms with Crippen molar-refractivity contribution in [2.24, 2.45) is 11.8 Å². The van der Waals surface area contributed by atoms with E-state index in [0.29, 0.717) is 19.4 Å². The Kier molecular flexibility index (Phi) is 7.42. The van der Waals surface area contributed by atoms with Crippen molar-refractivity contribution in [3.63, 3.8) is 0 Å². The first-order chi connectivity index (χ1) is 15.0. The molecule has 3 rings (SSSR count). The maximum Gasteiger partial charge on any atom is 0.310 e. The van der Waals surface area contributed by atoms with Gasteiger partial charge in [0.1, 0.15) is 6.04 Å². The maximum absolute atomic E-state index is 14.2. The number of aliphatic hydroxyl groups is 1. The fourth-order valence-electron chi connectivity index (χ4n) is 5.63. The van der Waals surface area contributed by atoms with E-state index in [-0.39, 0.29) is 41.1 Å². The fourth-order valence-corrected chi connectivity index (χ4v) is 9.21. The first kappa shape index (κ1) is 25.6. The number of esters is 1. The zero-order valence-corrected chi connectivity index (χ0v) is 21.9. The monoisotopic (exact) mass is 530 g/mol.